The topological polar surface area (TPSA) is 228 Å². The number of aromatic amines is 1. The first-order valence-corrected chi connectivity index (χ1v) is 14.3. The van der Waals surface area contributed by atoms with Gasteiger partial charge in [-0.05, 0) is 12.8 Å². The number of aromatic nitrogens is 8. The van der Waals surface area contributed by atoms with Gasteiger partial charge in [-0.3, -0.25) is 23.0 Å². The highest BCUT2D eigenvalue weighted by Crippen LogP contribution is 2.51. The molecule has 0 aromatic carbocycles. The van der Waals surface area contributed by atoms with Gasteiger partial charge in [0.05, 0.1) is 37.8 Å². The van der Waals surface area contributed by atoms with E-state index in [4.69, 9.17) is 24.3 Å². The number of rotatable bonds is 2. The highest BCUT2D eigenvalue weighted by molar-refractivity contribution is 7.47. The number of nitrogens with zero attached hydrogens (tertiary/aromatic N) is 7. The molecule has 8 atom stereocenters. The number of fused-ring (bicyclic) bond motifs is 5. The zero-order valence-electron chi connectivity index (χ0n) is 20.9. The van der Waals surface area contributed by atoms with Crippen molar-refractivity contribution in [3.05, 3.63) is 35.7 Å². The number of anilines is 1. The summed E-state index contributed by atoms with van der Waals surface area (Å²) in [6, 6.07) is 0. The zero-order chi connectivity index (χ0) is 27.6. The van der Waals surface area contributed by atoms with E-state index in [-0.39, 0.29) is 29.7 Å². The molecule has 3 aliphatic rings. The number of H-pyrrole nitrogens is 1. The highest BCUT2D eigenvalue weighted by atomic mass is 31.2. The van der Waals surface area contributed by atoms with Crippen LogP contribution in [0.4, 0.5) is 5.82 Å². The molecule has 0 spiro atoms. The molecule has 5 N–H and O–H groups in total. The number of hydrogen-bond acceptors (Lipinski definition) is 13. The molecule has 2 bridgehead atoms. The third-order valence-corrected chi connectivity index (χ3v) is 8.71. The number of nitrogens with two attached hydrogens (primary N) is 1. The van der Waals surface area contributed by atoms with Gasteiger partial charge in [0.1, 0.15) is 24.1 Å². The molecule has 3 aliphatic heterocycles. The Hall–Kier alpha value is -3.31. The van der Waals surface area contributed by atoms with Crippen molar-refractivity contribution in [1.29, 1.82) is 0 Å². The lowest BCUT2D eigenvalue weighted by Crippen LogP contribution is -2.29. The molecular weight excluding hydrogens is 549 g/mol. The molecule has 7 heterocycles. The number of phosphoric acid groups is 1. The van der Waals surface area contributed by atoms with Gasteiger partial charge in [-0.2, -0.15) is 0 Å². The number of hydrogen-bond donors (Lipinski definition) is 4. The Morgan fingerprint density at radius 1 is 1.00 bits per heavy atom. The Morgan fingerprint density at radius 2 is 1.77 bits per heavy atom. The average Bonchev–Trinajstić information content (AvgIpc) is 3.68. The molecule has 0 radical (unpaired) electrons. The predicted octanol–water partition coefficient (Wildman–Crippen LogP) is 0.390. The van der Waals surface area contributed by atoms with Crippen molar-refractivity contribution in [3.63, 3.8) is 0 Å². The van der Waals surface area contributed by atoms with Gasteiger partial charge in [0.15, 0.2) is 35.1 Å². The third kappa shape index (κ3) is 4.30. The summed E-state index contributed by atoms with van der Waals surface area (Å²) in [5.41, 5.74) is 6.63. The van der Waals surface area contributed by atoms with Crippen molar-refractivity contribution in [3.8, 4) is 0 Å². The van der Waals surface area contributed by atoms with Crippen molar-refractivity contribution in [2.45, 2.75) is 62.6 Å². The normalized spacial score (nSPS) is 35.0. The van der Waals surface area contributed by atoms with Crippen LogP contribution in [0.1, 0.15) is 38.1 Å². The number of phosphoric ester groups is 1. The lowest BCUT2D eigenvalue weighted by Gasteiger charge is -2.24. The van der Waals surface area contributed by atoms with Crippen LogP contribution in [0.3, 0.4) is 0 Å². The molecule has 18 heteroatoms. The van der Waals surface area contributed by atoms with E-state index in [1.54, 1.807) is 4.57 Å². The van der Waals surface area contributed by atoms with Gasteiger partial charge in [0.25, 0.3) is 5.56 Å². The second kappa shape index (κ2) is 9.66. The van der Waals surface area contributed by atoms with Gasteiger partial charge in [-0.15, -0.1) is 0 Å². The van der Waals surface area contributed by atoms with Crippen LogP contribution in [-0.2, 0) is 23.1 Å². The van der Waals surface area contributed by atoms with E-state index in [9.17, 15) is 19.4 Å². The fourth-order valence-electron chi connectivity index (χ4n) is 5.84. The van der Waals surface area contributed by atoms with E-state index >= 15 is 0 Å². The standard InChI is InChI=1S/C22H26N9O8P/c23-17-14-18(25-6-24-17)31(8-28-14)22-16(32)11-3-1-2-10-4-12(39-40(34,35)36-5-13(11)38-22)21(37-10)30-9-29-15-19(30)26-7-27-20(15)33/h6-13,16,21-22,32H,1-5H2,(H,34,35)(H2,23,24,25)(H,26,27,33)/t10-,11-,12-,13-,16-,21-,22-/m1/s1. The predicted molar refractivity (Wildman–Crippen MR) is 134 cm³/mol. The lowest BCUT2D eigenvalue weighted by molar-refractivity contribution is -0.0557. The van der Waals surface area contributed by atoms with Crippen LogP contribution in [0.2, 0.25) is 0 Å². The molecular formula is C22H26N9O8P. The largest absolute Gasteiger partial charge is 0.472 e. The minimum Gasteiger partial charge on any atom is -0.388 e. The molecule has 7 rings (SSSR count). The maximum absolute atomic E-state index is 13.1. The number of nitrogens with one attached hydrogen (secondary N) is 1. The van der Waals surface area contributed by atoms with Gasteiger partial charge >= 0.3 is 7.82 Å². The van der Waals surface area contributed by atoms with Gasteiger partial charge < -0.3 is 30.2 Å². The summed E-state index contributed by atoms with van der Waals surface area (Å²) in [5, 5.41) is 11.3. The van der Waals surface area contributed by atoms with Crippen molar-refractivity contribution < 1.29 is 33.1 Å². The first-order valence-electron chi connectivity index (χ1n) is 12.8. The molecule has 212 valence electrons. The minimum absolute atomic E-state index is 0.114. The summed E-state index contributed by atoms with van der Waals surface area (Å²) in [4.78, 5) is 46.0. The molecule has 4 aromatic rings. The van der Waals surface area contributed by atoms with Crippen LogP contribution >= 0.6 is 7.82 Å². The number of ether oxygens (including phenoxy) is 2. The second-order valence-electron chi connectivity index (χ2n) is 10.1. The number of aliphatic hydroxyl groups excluding tert-OH is 1. The molecule has 0 aliphatic carbocycles. The van der Waals surface area contributed by atoms with Gasteiger partial charge in [-0.25, -0.2) is 29.5 Å². The quantitative estimate of drug-likeness (QED) is 0.237. The lowest BCUT2D eigenvalue weighted by atomic mass is 9.91. The summed E-state index contributed by atoms with van der Waals surface area (Å²) >= 11 is 0. The van der Waals surface area contributed by atoms with E-state index in [1.807, 2.05) is 0 Å². The number of aliphatic hydroxyl groups is 1. The van der Waals surface area contributed by atoms with Crippen molar-refractivity contribution >= 4 is 36.0 Å². The maximum Gasteiger partial charge on any atom is 0.472 e. The van der Waals surface area contributed by atoms with Crippen molar-refractivity contribution in [1.82, 2.24) is 39.0 Å². The van der Waals surface area contributed by atoms with Crippen LogP contribution in [0.15, 0.2) is 30.1 Å². The minimum atomic E-state index is -4.61. The Balaban J connectivity index is 1.14. The zero-order valence-corrected chi connectivity index (χ0v) is 21.8. The number of imidazole rings is 2. The molecule has 3 saturated heterocycles. The van der Waals surface area contributed by atoms with Gasteiger partial charge in [0, 0.05) is 12.3 Å². The molecule has 0 saturated carbocycles. The summed E-state index contributed by atoms with van der Waals surface area (Å²) < 4.78 is 39.5. The molecule has 3 fully saturated rings. The van der Waals surface area contributed by atoms with Crippen LogP contribution in [-0.4, -0.2) is 80.1 Å². The first-order chi connectivity index (χ1) is 19.3. The third-order valence-electron chi connectivity index (χ3n) is 7.70. The smallest absolute Gasteiger partial charge is 0.388 e. The van der Waals surface area contributed by atoms with Crippen LogP contribution < -0.4 is 11.3 Å². The molecule has 40 heavy (non-hydrogen) atoms. The van der Waals surface area contributed by atoms with E-state index in [0.717, 1.165) is 0 Å². The second-order valence-corrected chi connectivity index (χ2v) is 11.5. The summed E-state index contributed by atoms with van der Waals surface area (Å²) in [6.07, 6.45) is 2.85. The highest BCUT2D eigenvalue weighted by Gasteiger charge is 2.48. The Bertz CT molecular complexity index is 1670. The van der Waals surface area contributed by atoms with Crippen LogP contribution in [0.5, 0.6) is 0 Å². The maximum atomic E-state index is 13.1. The van der Waals surface area contributed by atoms with Crippen LogP contribution in [0, 0.1) is 5.92 Å². The van der Waals surface area contributed by atoms with Gasteiger partial charge in [0.2, 0.25) is 0 Å². The molecule has 0 amide bonds. The molecule has 17 nitrogen and oxygen atoms in total. The van der Waals surface area contributed by atoms with E-state index in [2.05, 4.69) is 29.9 Å². The summed E-state index contributed by atoms with van der Waals surface area (Å²) in [7, 11) is -4.61. The number of nitrogen functional groups attached to an aromatic ring is 1. The molecule has 1 unspecified atom stereocenters. The van der Waals surface area contributed by atoms with E-state index in [1.165, 1.54) is 29.9 Å². The average molecular weight is 575 g/mol. The monoisotopic (exact) mass is 575 g/mol. The van der Waals surface area contributed by atoms with Crippen LogP contribution in [0.25, 0.3) is 22.3 Å². The fourth-order valence-corrected chi connectivity index (χ4v) is 6.77. The van der Waals surface area contributed by atoms with E-state index < -0.39 is 50.1 Å². The Kier molecular flexibility index (Phi) is 6.19. The fraction of sp³-hybridized carbons (Fsp3) is 0.545. The Labute approximate surface area is 224 Å². The van der Waals surface area contributed by atoms with Gasteiger partial charge in [-0.1, -0.05) is 6.42 Å². The van der Waals surface area contributed by atoms with E-state index in [0.29, 0.717) is 36.8 Å². The van der Waals surface area contributed by atoms with Crippen molar-refractivity contribution in [2.24, 2.45) is 5.92 Å². The Morgan fingerprint density at radius 3 is 2.62 bits per heavy atom. The summed E-state index contributed by atoms with van der Waals surface area (Å²) in [5.74, 6) is -0.230. The molecule has 4 aromatic heterocycles. The SMILES string of the molecule is Nc1ncnc2c1ncn2[C@@H]1O[C@@H]2COP(=O)(O)O[C@@H]3C[C@@H](CCC[C@H]2[C@H]1O)O[C@H]3n1cnc2c(=O)[nH]cnc21. The summed E-state index contributed by atoms with van der Waals surface area (Å²) in [6.45, 7) is -0.303. The van der Waals surface area contributed by atoms with Crippen molar-refractivity contribution in [2.75, 3.05) is 12.3 Å². The first kappa shape index (κ1) is 25.6.